The second-order valence-corrected chi connectivity index (χ2v) is 4.66. The van der Waals surface area contributed by atoms with Crippen LogP contribution in [-0.4, -0.2) is 31.9 Å². The van der Waals surface area contributed by atoms with Crippen LogP contribution < -0.4 is 10.1 Å². The smallest absolute Gasteiger partial charge is 0.145 e. The van der Waals surface area contributed by atoms with E-state index >= 15 is 0 Å². The second-order valence-electron chi connectivity index (χ2n) is 4.66. The van der Waals surface area contributed by atoms with Crippen molar-refractivity contribution in [3.05, 3.63) is 29.8 Å². The van der Waals surface area contributed by atoms with E-state index in [2.05, 4.69) is 29.4 Å². The van der Waals surface area contributed by atoms with Crippen LogP contribution in [0.2, 0.25) is 0 Å². The Bertz CT molecular complexity index is 570. The zero-order valence-electron chi connectivity index (χ0n) is 12.4. The van der Waals surface area contributed by atoms with E-state index in [1.165, 1.54) is 5.56 Å². The summed E-state index contributed by atoms with van der Waals surface area (Å²) in [5, 5.41) is 4.47. The summed E-state index contributed by atoms with van der Waals surface area (Å²) in [5.74, 6) is 1.69. The summed E-state index contributed by atoms with van der Waals surface area (Å²) in [6.07, 6.45) is 0.971. The molecular weight excluding hydrogens is 252 g/mol. The van der Waals surface area contributed by atoms with E-state index in [0.717, 1.165) is 48.6 Å². The maximum atomic E-state index is 5.38. The summed E-state index contributed by atoms with van der Waals surface area (Å²) in [5.41, 5.74) is 2.10. The number of hydrogen-bond acceptors (Lipinski definition) is 4. The number of nitrogens with zero attached hydrogens (tertiary/aromatic N) is 1. The number of pyridine rings is 1. The largest absolute Gasteiger partial charge is 0.494 e. The minimum absolute atomic E-state index is 0.768. The number of benzene rings is 1. The van der Waals surface area contributed by atoms with Gasteiger partial charge in [-0.05, 0) is 38.0 Å². The summed E-state index contributed by atoms with van der Waals surface area (Å²) < 4.78 is 10.7. The zero-order valence-corrected chi connectivity index (χ0v) is 12.4. The van der Waals surface area contributed by atoms with Crippen molar-refractivity contribution in [3.8, 4) is 5.75 Å². The summed E-state index contributed by atoms with van der Waals surface area (Å²) in [6, 6.07) is 8.07. The molecule has 0 radical (unpaired) electrons. The van der Waals surface area contributed by atoms with E-state index in [-0.39, 0.29) is 0 Å². The molecule has 1 aromatic heterocycles. The van der Waals surface area contributed by atoms with Crippen LogP contribution >= 0.6 is 0 Å². The SMILES string of the molecule is CCOCCCNc1cc(C)c2cccc(OC)c2n1. The van der Waals surface area contributed by atoms with Crippen molar-refractivity contribution in [2.24, 2.45) is 0 Å². The number of anilines is 1. The lowest BCUT2D eigenvalue weighted by Crippen LogP contribution is -2.07. The van der Waals surface area contributed by atoms with Gasteiger partial charge in [0.2, 0.25) is 0 Å². The third kappa shape index (κ3) is 3.39. The van der Waals surface area contributed by atoms with Crippen LogP contribution in [0.5, 0.6) is 5.75 Å². The Balaban J connectivity index is 2.14. The van der Waals surface area contributed by atoms with Gasteiger partial charge in [0.1, 0.15) is 17.1 Å². The normalized spacial score (nSPS) is 10.8. The fourth-order valence-electron chi connectivity index (χ4n) is 2.18. The first-order valence-electron chi connectivity index (χ1n) is 7.02. The number of aryl methyl sites for hydroxylation is 1. The lowest BCUT2D eigenvalue weighted by Gasteiger charge is -2.11. The molecule has 0 aliphatic heterocycles. The Morgan fingerprint density at radius 2 is 2.15 bits per heavy atom. The van der Waals surface area contributed by atoms with Crippen LogP contribution in [0.1, 0.15) is 18.9 Å². The molecule has 4 heteroatoms. The number of fused-ring (bicyclic) bond motifs is 1. The van der Waals surface area contributed by atoms with Gasteiger partial charge in [-0.1, -0.05) is 12.1 Å². The maximum absolute atomic E-state index is 5.38. The highest BCUT2D eigenvalue weighted by Gasteiger charge is 2.07. The predicted molar refractivity (Wildman–Crippen MR) is 82.6 cm³/mol. The Morgan fingerprint density at radius 3 is 2.90 bits per heavy atom. The quantitative estimate of drug-likeness (QED) is 0.786. The summed E-state index contributed by atoms with van der Waals surface area (Å²) >= 11 is 0. The van der Waals surface area contributed by atoms with Gasteiger partial charge in [0.15, 0.2) is 0 Å². The predicted octanol–water partition coefficient (Wildman–Crippen LogP) is 3.39. The molecule has 4 nitrogen and oxygen atoms in total. The van der Waals surface area contributed by atoms with Crippen LogP contribution in [0.15, 0.2) is 24.3 Å². The number of hydrogen-bond donors (Lipinski definition) is 1. The van der Waals surface area contributed by atoms with E-state index < -0.39 is 0 Å². The molecule has 0 saturated carbocycles. The summed E-state index contributed by atoms with van der Waals surface area (Å²) in [7, 11) is 1.67. The lowest BCUT2D eigenvalue weighted by atomic mass is 10.1. The minimum atomic E-state index is 0.768. The van der Waals surface area contributed by atoms with Gasteiger partial charge in [0.25, 0.3) is 0 Å². The number of methoxy groups -OCH3 is 1. The Labute approximate surface area is 120 Å². The molecule has 20 heavy (non-hydrogen) atoms. The summed E-state index contributed by atoms with van der Waals surface area (Å²) in [6.45, 7) is 6.50. The van der Waals surface area contributed by atoms with Crippen LogP contribution in [0.4, 0.5) is 5.82 Å². The van der Waals surface area contributed by atoms with Crippen LogP contribution in [0, 0.1) is 6.92 Å². The molecule has 0 unspecified atom stereocenters. The molecule has 0 atom stereocenters. The van der Waals surface area contributed by atoms with Crippen molar-refractivity contribution >= 4 is 16.7 Å². The van der Waals surface area contributed by atoms with Gasteiger partial charge < -0.3 is 14.8 Å². The number of rotatable bonds is 7. The monoisotopic (exact) mass is 274 g/mol. The summed E-state index contributed by atoms with van der Waals surface area (Å²) in [4.78, 5) is 4.65. The van der Waals surface area contributed by atoms with E-state index in [0.29, 0.717) is 0 Å². The fraction of sp³-hybridized carbons (Fsp3) is 0.438. The third-order valence-corrected chi connectivity index (χ3v) is 3.20. The van der Waals surface area contributed by atoms with Crippen molar-refractivity contribution in [3.63, 3.8) is 0 Å². The standard InChI is InChI=1S/C16H22N2O2/c1-4-20-10-6-9-17-15-11-12(2)13-7-5-8-14(19-3)16(13)18-15/h5,7-8,11H,4,6,9-10H2,1-3H3,(H,17,18). The highest BCUT2D eigenvalue weighted by molar-refractivity contribution is 5.88. The molecule has 0 aliphatic carbocycles. The topological polar surface area (TPSA) is 43.4 Å². The molecular formula is C16H22N2O2. The molecule has 0 aliphatic rings. The van der Waals surface area contributed by atoms with Crippen LogP contribution in [-0.2, 0) is 4.74 Å². The molecule has 108 valence electrons. The van der Waals surface area contributed by atoms with Crippen molar-refractivity contribution in [2.75, 3.05) is 32.2 Å². The molecule has 1 heterocycles. The van der Waals surface area contributed by atoms with Gasteiger partial charge in [0.05, 0.1) is 7.11 Å². The molecule has 0 bridgehead atoms. The first-order chi connectivity index (χ1) is 9.76. The van der Waals surface area contributed by atoms with E-state index in [9.17, 15) is 0 Å². The minimum Gasteiger partial charge on any atom is -0.494 e. The number of aromatic nitrogens is 1. The van der Waals surface area contributed by atoms with Crippen molar-refractivity contribution in [2.45, 2.75) is 20.3 Å². The molecule has 1 N–H and O–H groups in total. The molecule has 2 rings (SSSR count). The van der Waals surface area contributed by atoms with Gasteiger partial charge in [-0.15, -0.1) is 0 Å². The lowest BCUT2D eigenvalue weighted by molar-refractivity contribution is 0.147. The van der Waals surface area contributed by atoms with Crippen LogP contribution in [0.25, 0.3) is 10.9 Å². The Hall–Kier alpha value is -1.81. The highest BCUT2D eigenvalue weighted by atomic mass is 16.5. The highest BCUT2D eigenvalue weighted by Crippen LogP contribution is 2.27. The number of para-hydroxylation sites is 1. The van der Waals surface area contributed by atoms with Gasteiger partial charge in [-0.25, -0.2) is 4.98 Å². The molecule has 0 fully saturated rings. The van der Waals surface area contributed by atoms with Gasteiger partial charge in [-0.2, -0.15) is 0 Å². The van der Waals surface area contributed by atoms with Gasteiger partial charge >= 0.3 is 0 Å². The molecule has 0 spiro atoms. The van der Waals surface area contributed by atoms with E-state index in [1.54, 1.807) is 7.11 Å². The average Bonchev–Trinajstić information content (AvgIpc) is 2.46. The van der Waals surface area contributed by atoms with Gasteiger partial charge in [0, 0.05) is 25.1 Å². The Morgan fingerprint density at radius 1 is 1.30 bits per heavy atom. The van der Waals surface area contributed by atoms with Crippen LogP contribution in [0.3, 0.4) is 0 Å². The molecule has 0 saturated heterocycles. The molecule has 1 aromatic carbocycles. The maximum Gasteiger partial charge on any atom is 0.145 e. The van der Waals surface area contributed by atoms with Crippen molar-refractivity contribution < 1.29 is 9.47 Å². The second kappa shape index (κ2) is 7.10. The fourth-order valence-corrected chi connectivity index (χ4v) is 2.18. The number of ether oxygens (including phenoxy) is 2. The van der Waals surface area contributed by atoms with Crippen molar-refractivity contribution in [1.29, 1.82) is 0 Å². The molecule has 0 amide bonds. The molecule has 2 aromatic rings. The first-order valence-corrected chi connectivity index (χ1v) is 7.02. The Kier molecular flexibility index (Phi) is 5.18. The van der Waals surface area contributed by atoms with E-state index in [1.807, 2.05) is 19.1 Å². The zero-order chi connectivity index (χ0) is 14.4. The number of nitrogens with one attached hydrogen (secondary N) is 1. The van der Waals surface area contributed by atoms with E-state index in [4.69, 9.17) is 9.47 Å². The van der Waals surface area contributed by atoms with Gasteiger partial charge in [-0.3, -0.25) is 0 Å². The first kappa shape index (κ1) is 14.6. The van der Waals surface area contributed by atoms with Crippen molar-refractivity contribution in [1.82, 2.24) is 4.98 Å². The third-order valence-electron chi connectivity index (χ3n) is 3.20. The average molecular weight is 274 g/mol.